The number of ether oxygens (including phenoxy) is 1. The zero-order valence-corrected chi connectivity index (χ0v) is 19.0. The third-order valence-electron chi connectivity index (χ3n) is 4.91. The van der Waals surface area contributed by atoms with Gasteiger partial charge in [0.05, 0.1) is 15.2 Å². The zero-order valence-electron chi connectivity index (χ0n) is 16.6. The Hall–Kier alpha value is -1.81. The van der Waals surface area contributed by atoms with Crippen LogP contribution in [-0.2, 0) is 23.5 Å². The minimum atomic E-state index is -0.945. The molecule has 0 aliphatic carbocycles. The Labute approximate surface area is 186 Å². The third-order valence-corrected chi connectivity index (χ3v) is 8.49. The number of thiophene rings is 1. The van der Waals surface area contributed by atoms with Crippen molar-refractivity contribution in [2.24, 2.45) is 0 Å². The van der Waals surface area contributed by atoms with Gasteiger partial charge >= 0.3 is 5.97 Å². The number of carboxylic acid groups (broad SMARTS) is 1. The molecule has 1 aliphatic heterocycles. The molecule has 4 rings (SSSR count). The van der Waals surface area contributed by atoms with Crippen molar-refractivity contribution in [3.8, 4) is 0 Å². The normalized spacial score (nSPS) is 13.5. The molecule has 0 amide bonds. The molecule has 9 heteroatoms. The van der Waals surface area contributed by atoms with Crippen molar-refractivity contribution in [3.05, 3.63) is 51.3 Å². The molecule has 6 nitrogen and oxygen atoms in total. The summed E-state index contributed by atoms with van der Waals surface area (Å²) in [6, 6.07) is 6.88. The molecule has 1 N–H and O–H groups in total. The van der Waals surface area contributed by atoms with E-state index in [-0.39, 0.29) is 11.1 Å². The molecular formula is C21H22N2O4S3. The van der Waals surface area contributed by atoms with E-state index in [4.69, 9.17) is 9.72 Å². The molecule has 0 fully saturated rings. The van der Waals surface area contributed by atoms with Gasteiger partial charge in [0.1, 0.15) is 4.83 Å². The van der Waals surface area contributed by atoms with E-state index in [0.717, 1.165) is 46.4 Å². The summed E-state index contributed by atoms with van der Waals surface area (Å²) >= 11 is 4.91. The quantitative estimate of drug-likeness (QED) is 0.299. The molecular weight excluding hydrogens is 440 g/mol. The second-order valence-corrected chi connectivity index (χ2v) is 10.3. The monoisotopic (exact) mass is 462 g/mol. The van der Waals surface area contributed by atoms with Crippen LogP contribution in [0.2, 0.25) is 0 Å². The Bertz CT molecular complexity index is 1140. The molecule has 2 aromatic heterocycles. The van der Waals surface area contributed by atoms with Crippen LogP contribution in [0.15, 0.2) is 38.4 Å². The fourth-order valence-corrected chi connectivity index (χ4v) is 7.02. The number of carboxylic acids is 1. The van der Waals surface area contributed by atoms with Crippen LogP contribution in [0, 0.1) is 0 Å². The standard InChI is InChI=1S/C21H22N2O4S3/c1-27-9-4-8-23-18(24)16-15-7-3-10-28-20(15)30-17(16)22-21(23)29-12-13-5-2-6-14(11-13)19(25)26/h2,5-6,11H,3-4,7-10,12H2,1H3,(H,25,26). The summed E-state index contributed by atoms with van der Waals surface area (Å²) in [6.07, 6.45) is 2.75. The second kappa shape index (κ2) is 9.55. The number of methoxy groups -OCH3 is 1. The van der Waals surface area contributed by atoms with Crippen molar-refractivity contribution in [3.63, 3.8) is 0 Å². The number of thioether (sulfide) groups is 2. The van der Waals surface area contributed by atoms with E-state index >= 15 is 0 Å². The van der Waals surface area contributed by atoms with Gasteiger partial charge in [0, 0.05) is 26.0 Å². The first-order valence-corrected chi connectivity index (χ1v) is 12.5. The zero-order chi connectivity index (χ0) is 21.1. The van der Waals surface area contributed by atoms with Crippen LogP contribution in [-0.4, -0.2) is 40.1 Å². The number of benzene rings is 1. The van der Waals surface area contributed by atoms with E-state index in [0.29, 0.717) is 24.1 Å². The SMILES string of the molecule is COCCCn1c(SCc2cccc(C(=O)O)c2)nc2sc3c(c2c1=O)CCCS3. The van der Waals surface area contributed by atoms with Crippen LogP contribution in [0.25, 0.3) is 10.2 Å². The Morgan fingerprint density at radius 1 is 1.40 bits per heavy atom. The average molecular weight is 463 g/mol. The van der Waals surface area contributed by atoms with E-state index in [2.05, 4.69) is 0 Å². The number of fused-ring (bicyclic) bond motifs is 3. The van der Waals surface area contributed by atoms with Gasteiger partial charge in [-0.15, -0.1) is 23.1 Å². The minimum absolute atomic E-state index is 0.0258. The molecule has 30 heavy (non-hydrogen) atoms. The molecule has 0 spiro atoms. The lowest BCUT2D eigenvalue weighted by molar-refractivity contribution is 0.0696. The van der Waals surface area contributed by atoms with E-state index in [1.807, 2.05) is 17.8 Å². The predicted octanol–water partition coefficient (Wildman–Crippen LogP) is 4.52. The first-order chi connectivity index (χ1) is 14.6. The number of hydrogen-bond donors (Lipinski definition) is 1. The van der Waals surface area contributed by atoms with Gasteiger partial charge in [-0.25, -0.2) is 9.78 Å². The maximum atomic E-state index is 13.4. The second-order valence-electron chi connectivity index (χ2n) is 6.99. The van der Waals surface area contributed by atoms with Crippen molar-refractivity contribution < 1.29 is 14.6 Å². The Kier molecular flexibility index (Phi) is 6.82. The molecule has 0 saturated heterocycles. The molecule has 0 bridgehead atoms. The molecule has 0 atom stereocenters. The van der Waals surface area contributed by atoms with Crippen molar-refractivity contribution >= 4 is 51.0 Å². The summed E-state index contributed by atoms with van der Waals surface area (Å²) in [5.41, 5.74) is 2.34. The van der Waals surface area contributed by atoms with Gasteiger partial charge in [-0.3, -0.25) is 9.36 Å². The molecule has 3 aromatic rings. The van der Waals surface area contributed by atoms with Gasteiger partial charge < -0.3 is 9.84 Å². The number of aryl methyl sites for hydroxylation is 1. The summed E-state index contributed by atoms with van der Waals surface area (Å²) < 4.78 is 8.16. The fraction of sp³-hybridized carbons (Fsp3) is 0.381. The van der Waals surface area contributed by atoms with Crippen molar-refractivity contribution in [1.29, 1.82) is 0 Å². The maximum Gasteiger partial charge on any atom is 0.335 e. The Balaban J connectivity index is 1.70. The van der Waals surface area contributed by atoms with Crippen LogP contribution >= 0.6 is 34.9 Å². The molecule has 0 radical (unpaired) electrons. The van der Waals surface area contributed by atoms with Crippen molar-refractivity contribution in [1.82, 2.24) is 9.55 Å². The number of rotatable bonds is 8. The fourth-order valence-electron chi connectivity index (χ4n) is 3.47. The van der Waals surface area contributed by atoms with Crippen LogP contribution in [0.5, 0.6) is 0 Å². The Morgan fingerprint density at radius 2 is 2.27 bits per heavy atom. The van der Waals surface area contributed by atoms with Gasteiger partial charge in [-0.1, -0.05) is 23.9 Å². The van der Waals surface area contributed by atoms with Crippen LogP contribution in [0.3, 0.4) is 0 Å². The highest BCUT2D eigenvalue weighted by molar-refractivity contribution is 8.01. The first kappa shape index (κ1) is 21.4. The van der Waals surface area contributed by atoms with E-state index < -0.39 is 5.97 Å². The van der Waals surface area contributed by atoms with Gasteiger partial charge in [-0.05, 0) is 48.3 Å². The highest BCUT2D eigenvalue weighted by Gasteiger charge is 2.22. The minimum Gasteiger partial charge on any atom is -0.478 e. The molecule has 1 aliphatic rings. The lowest BCUT2D eigenvalue weighted by Crippen LogP contribution is -2.24. The number of aromatic carboxylic acids is 1. The topological polar surface area (TPSA) is 81.4 Å². The number of carbonyl (C=O) groups is 1. The summed E-state index contributed by atoms with van der Waals surface area (Å²) in [7, 11) is 1.65. The van der Waals surface area contributed by atoms with Gasteiger partial charge in [0.25, 0.3) is 5.56 Å². The van der Waals surface area contributed by atoms with E-state index in [1.165, 1.54) is 16.0 Å². The highest BCUT2D eigenvalue weighted by Crippen LogP contribution is 2.40. The Morgan fingerprint density at radius 3 is 3.07 bits per heavy atom. The van der Waals surface area contributed by atoms with Gasteiger partial charge in [-0.2, -0.15) is 0 Å². The molecule has 0 unspecified atom stereocenters. The van der Waals surface area contributed by atoms with Gasteiger partial charge in [0.15, 0.2) is 5.16 Å². The molecule has 1 aromatic carbocycles. The average Bonchev–Trinajstić information content (AvgIpc) is 3.13. The molecule has 3 heterocycles. The van der Waals surface area contributed by atoms with Crippen LogP contribution < -0.4 is 5.56 Å². The van der Waals surface area contributed by atoms with Gasteiger partial charge in [0.2, 0.25) is 0 Å². The summed E-state index contributed by atoms with van der Waals surface area (Å²) in [6.45, 7) is 1.12. The lowest BCUT2D eigenvalue weighted by Gasteiger charge is -2.13. The summed E-state index contributed by atoms with van der Waals surface area (Å²) in [5.74, 6) is 0.687. The van der Waals surface area contributed by atoms with Crippen LogP contribution in [0.4, 0.5) is 0 Å². The van der Waals surface area contributed by atoms with E-state index in [1.54, 1.807) is 41.2 Å². The smallest absolute Gasteiger partial charge is 0.335 e. The van der Waals surface area contributed by atoms with Crippen LogP contribution in [0.1, 0.15) is 34.3 Å². The number of hydrogen-bond acceptors (Lipinski definition) is 7. The highest BCUT2D eigenvalue weighted by atomic mass is 32.2. The van der Waals surface area contributed by atoms with E-state index in [9.17, 15) is 14.7 Å². The molecule has 158 valence electrons. The number of aromatic nitrogens is 2. The largest absolute Gasteiger partial charge is 0.478 e. The summed E-state index contributed by atoms with van der Waals surface area (Å²) in [4.78, 5) is 30.3. The predicted molar refractivity (Wildman–Crippen MR) is 122 cm³/mol. The third kappa shape index (κ3) is 4.44. The molecule has 0 saturated carbocycles. The van der Waals surface area contributed by atoms with Crippen molar-refractivity contribution in [2.75, 3.05) is 19.5 Å². The van der Waals surface area contributed by atoms with Crippen molar-refractivity contribution in [2.45, 2.75) is 40.9 Å². The number of nitrogens with zero attached hydrogens (tertiary/aromatic N) is 2. The maximum absolute atomic E-state index is 13.4. The first-order valence-electron chi connectivity index (χ1n) is 9.71. The lowest BCUT2D eigenvalue weighted by atomic mass is 10.1. The summed E-state index contributed by atoms with van der Waals surface area (Å²) in [5, 5.41) is 10.7.